The number of anilines is 1. The number of non-ortho nitro benzene ring substituents is 1. The number of hydrogen-bond donors (Lipinski definition) is 5. The van der Waals surface area contributed by atoms with E-state index in [4.69, 9.17) is 0 Å². The molecule has 0 radical (unpaired) electrons. The highest BCUT2D eigenvalue weighted by Crippen LogP contribution is 2.30. The summed E-state index contributed by atoms with van der Waals surface area (Å²) in [6.07, 6.45) is 10.4. The van der Waals surface area contributed by atoms with Gasteiger partial charge in [-0.25, -0.2) is 0 Å². The van der Waals surface area contributed by atoms with Crippen LogP contribution in [0.1, 0.15) is 19.3 Å². The third-order valence-electron chi connectivity index (χ3n) is 5.17. The molecule has 1 atom stereocenters. The van der Waals surface area contributed by atoms with Crippen LogP contribution >= 0.6 is 0 Å². The molecule has 1 aromatic carbocycles. The van der Waals surface area contributed by atoms with E-state index in [1.165, 1.54) is 30.4 Å². The summed E-state index contributed by atoms with van der Waals surface area (Å²) in [5, 5.41) is 66.8. The number of aliphatic hydroxyl groups is 4. The van der Waals surface area contributed by atoms with Gasteiger partial charge in [-0.2, -0.15) is 5.10 Å². The fraction of sp³-hybridized carbons (Fsp3) is 0.174. The second-order valence-electron chi connectivity index (χ2n) is 7.68. The zero-order chi connectivity index (χ0) is 25.5. The fourth-order valence-electron chi connectivity index (χ4n) is 3.35. The Bertz CT molecular complexity index is 1250. The third kappa shape index (κ3) is 6.57. The SMILES string of the molecule is O=[N+]([O-])c1ccc(N/N=C(\CC2=CC=C(O)CC=C2O)CC2C=CC=C(O)C=C2O)c([N+](=O)[O-])c1. The average Bonchev–Trinajstić information content (AvgIpc) is 3.07. The first-order valence-corrected chi connectivity index (χ1v) is 10.3. The van der Waals surface area contributed by atoms with E-state index in [1.54, 1.807) is 12.2 Å². The smallest absolute Gasteiger partial charge is 0.301 e. The van der Waals surface area contributed by atoms with E-state index in [-0.39, 0.29) is 48.0 Å². The van der Waals surface area contributed by atoms with Crippen LogP contribution in [0.15, 0.2) is 94.4 Å². The van der Waals surface area contributed by atoms with Crippen molar-refractivity contribution in [3.8, 4) is 0 Å². The summed E-state index contributed by atoms with van der Waals surface area (Å²) >= 11 is 0. The summed E-state index contributed by atoms with van der Waals surface area (Å²) < 4.78 is 0. The molecule has 0 saturated carbocycles. The molecule has 1 unspecified atom stereocenters. The number of nitrogens with one attached hydrogen (secondary N) is 1. The van der Waals surface area contributed by atoms with Gasteiger partial charge in [0.05, 0.1) is 21.7 Å². The number of hydrazone groups is 1. The number of rotatable bonds is 8. The quantitative estimate of drug-likeness (QED) is 0.185. The van der Waals surface area contributed by atoms with Crippen molar-refractivity contribution in [3.63, 3.8) is 0 Å². The molecule has 0 fully saturated rings. The van der Waals surface area contributed by atoms with Gasteiger partial charge in [-0.05, 0) is 29.9 Å². The monoisotopic (exact) mass is 482 g/mol. The largest absolute Gasteiger partial charge is 0.512 e. The lowest BCUT2D eigenvalue weighted by molar-refractivity contribution is -0.393. The molecule has 0 aliphatic heterocycles. The van der Waals surface area contributed by atoms with Gasteiger partial charge in [-0.3, -0.25) is 25.7 Å². The van der Waals surface area contributed by atoms with E-state index >= 15 is 0 Å². The van der Waals surface area contributed by atoms with Crippen LogP contribution in [0.4, 0.5) is 17.1 Å². The summed E-state index contributed by atoms with van der Waals surface area (Å²) in [6.45, 7) is 0. The first-order valence-electron chi connectivity index (χ1n) is 10.3. The maximum absolute atomic E-state index is 11.4. The molecule has 3 rings (SSSR count). The first kappa shape index (κ1) is 24.8. The minimum atomic E-state index is -0.780. The van der Waals surface area contributed by atoms with Gasteiger partial charge in [-0.1, -0.05) is 18.2 Å². The highest BCUT2D eigenvalue weighted by molar-refractivity contribution is 5.89. The molecular weight excluding hydrogens is 460 g/mol. The number of nitro benzene ring substituents is 2. The summed E-state index contributed by atoms with van der Waals surface area (Å²) in [5.74, 6) is -0.946. The molecule has 0 saturated heterocycles. The van der Waals surface area contributed by atoms with Crippen molar-refractivity contribution in [2.24, 2.45) is 11.0 Å². The average molecular weight is 482 g/mol. The molecule has 182 valence electrons. The van der Waals surface area contributed by atoms with Crippen LogP contribution in [0.5, 0.6) is 0 Å². The summed E-state index contributed by atoms with van der Waals surface area (Å²) in [4.78, 5) is 20.9. The van der Waals surface area contributed by atoms with Crippen molar-refractivity contribution in [1.82, 2.24) is 0 Å². The topological polar surface area (TPSA) is 192 Å². The second kappa shape index (κ2) is 10.8. The zero-order valence-corrected chi connectivity index (χ0v) is 18.2. The van der Waals surface area contributed by atoms with Gasteiger partial charge in [0, 0.05) is 43.0 Å². The maximum atomic E-state index is 11.4. The lowest BCUT2D eigenvalue weighted by atomic mass is 9.95. The molecule has 0 spiro atoms. The number of aliphatic hydroxyl groups excluding tert-OH is 4. The van der Waals surface area contributed by atoms with Crippen molar-refractivity contribution in [2.45, 2.75) is 19.3 Å². The van der Waals surface area contributed by atoms with Gasteiger partial charge in [0.2, 0.25) is 0 Å². The Morgan fingerprint density at radius 2 is 1.86 bits per heavy atom. The molecule has 5 N–H and O–H groups in total. The van der Waals surface area contributed by atoms with Crippen LogP contribution in [-0.2, 0) is 0 Å². The molecule has 2 aliphatic carbocycles. The molecule has 12 heteroatoms. The maximum Gasteiger partial charge on any atom is 0.301 e. The summed E-state index contributed by atoms with van der Waals surface area (Å²) in [6, 6.07) is 3.06. The lowest BCUT2D eigenvalue weighted by Crippen LogP contribution is -2.13. The summed E-state index contributed by atoms with van der Waals surface area (Å²) in [5.41, 5.74) is 2.19. The molecule has 1 aromatic rings. The highest BCUT2D eigenvalue weighted by Gasteiger charge is 2.21. The number of nitro groups is 2. The molecule has 0 heterocycles. The molecule has 0 amide bonds. The van der Waals surface area contributed by atoms with E-state index in [0.717, 1.165) is 18.2 Å². The third-order valence-corrected chi connectivity index (χ3v) is 5.17. The van der Waals surface area contributed by atoms with Gasteiger partial charge >= 0.3 is 5.69 Å². The Kier molecular flexibility index (Phi) is 7.66. The standard InChI is InChI=1S/C23H22N4O8/c28-18-6-4-15(22(30)9-7-18)11-16(10-14-2-1-3-19(29)13-23(14)31)24-25-20-8-5-17(26(32)33)12-21(20)27(34)35/h1-6,8-9,12-14,25,28-31H,7,10-11H2/b24-16-. The highest BCUT2D eigenvalue weighted by atomic mass is 16.6. The Morgan fingerprint density at radius 3 is 2.57 bits per heavy atom. The number of hydrogen-bond acceptors (Lipinski definition) is 10. The Hall–Kier alpha value is -4.87. The van der Waals surface area contributed by atoms with Crippen molar-refractivity contribution in [1.29, 1.82) is 0 Å². The summed E-state index contributed by atoms with van der Waals surface area (Å²) in [7, 11) is 0. The van der Waals surface area contributed by atoms with E-state index in [1.807, 2.05) is 0 Å². The molecule has 0 aromatic heterocycles. The zero-order valence-electron chi connectivity index (χ0n) is 18.2. The van der Waals surface area contributed by atoms with Crippen LogP contribution in [-0.4, -0.2) is 36.0 Å². The van der Waals surface area contributed by atoms with Gasteiger partial charge in [-0.15, -0.1) is 0 Å². The van der Waals surface area contributed by atoms with Gasteiger partial charge in [0.15, 0.2) is 0 Å². The van der Waals surface area contributed by atoms with Crippen LogP contribution in [0.2, 0.25) is 0 Å². The molecule has 2 aliphatic rings. The van der Waals surface area contributed by atoms with Crippen molar-refractivity contribution < 1.29 is 30.3 Å². The number of benzene rings is 1. The Balaban J connectivity index is 1.96. The predicted molar refractivity (Wildman–Crippen MR) is 128 cm³/mol. The molecular formula is C23H22N4O8. The fourth-order valence-corrected chi connectivity index (χ4v) is 3.35. The van der Waals surface area contributed by atoms with E-state index in [0.29, 0.717) is 11.3 Å². The normalized spacial score (nSPS) is 18.2. The number of allylic oxidation sites excluding steroid dienone is 8. The first-order chi connectivity index (χ1) is 16.6. The van der Waals surface area contributed by atoms with E-state index in [2.05, 4.69) is 10.5 Å². The van der Waals surface area contributed by atoms with Crippen molar-refractivity contribution >= 4 is 22.8 Å². The van der Waals surface area contributed by atoms with Gasteiger partial charge < -0.3 is 20.4 Å². The minimum absolute atomic E-state index is 0.0386. The van der Waals surface area contributed by atoms with Crippen molar-refractivity contribution in [2.75, 3.05) is 5.43 Å². The lowest BCUT2D eigenvalue weighted by Gasteiger charge is -2.15. The number of nitrogens with zero attached hydrogens (tertiary/aromatic N) is 3. The predicted octanol–water partition coefficient (Wildman–Crippen LogP) is 5.33. The molecule has 35 heavy (non-hydrogen) atoms. The van der Waals surface area contributed by atoms with Crippen LogP contribution in [0.3, 0.4) is 0 Å². The van der Waals surface area contributed by atoms with Gasteiger partial charge in [0.1, 0.15) is 23.0 Å². The molecule has 0 bridgehead atoms. The minimum Gasteiger partial charge on any atom is -0.512 e. The van der Waals surface area contributed by atoms with Crippen molar-refractivity contribution in [3.05, 3.63) is 110 Å². The Labute approximate surface area is 198 Å². The van der Waals surface area contributed by atoms with Crippen LogP contribution in [0.25, 0.3) is 0 Å². The van der Waals surface area contributed by atoms with E-state index < -0.39 is 27.1 Å². The van der Waals surface area contributed by atoms with Gasteiger partial charge in [0.25, 0.3) is 5.69 Å². The van der Waals surface area contributed by atoms with Crippen LogP contribution < -0.4 is 5.43 Å². The van der Waals surface area contributed by atoms with Crippen LogP contribution in [0, 0.1) is 26.1 Å². The second-order valence-corrected chi connectivity index (χ2v) is 7.68. The Morgan fingerprint density at radius 1 is 1.09 bits per heavy atom. The van der Waals surface area contributed by atoms with E-state index in [9.17, 15) is 40.7 Å². The molecule has 12 nitrogen and oxygen atoms in total.